The summed E-state index contributed by atoms with van der Waals surface area (Å²) < 4.78 is 27.3. The lowest BCUT2D eigenvalue weighted by molar-refractivity contribution is 0.268. The fourth-order valence-corrected chi connectivity index (χ4v) is 1.92. The standard InChI is InChI=1S/C16H23F2N3/c1-12(2)21(3)7-5-4-6-20-11-14-15(17)8-13(10-19)9-16(14)18/h8-9,12,20H,4-7,11H2,1-3H3. The molecule has 1 aromatic carbocycles. The van der Waals surface area contributed by atoms with Gasteiger partial charge in [0.1, 0.15) is 11.6 Å². The van der Waals surface area contributed by atoms with Gasteiger partial charge in [-0.1, -0.05) is 0 Å². The molecule has 0 aliphatic carbocycles. The van der Waals surface area contributed by atoms with Gasteiger partial charge >= 0.3 is 0 Å². The van der Waals surface area contributed by atoms with Crippen molar-refractivity contribution in [2.24, 2.45) is 0 Å². The lowest BCUT2D eigenvalue weighted by atomic mass is 10.1. The molecule has 0 unspecified atom stereocenters. The molecule has 0 aromatic heterocycles. The number of halogens is 2. The van der Waals surface area contributed by atoms with Gasteiger partial charge in [-0.05, 0) is 59.0 Å². The van der Waals surface area contributed by atoms with Gasteiger partial charge in [-0.15, -0.1) is 0 Å². The Hall–Kier alpha value is -1.51. The SMILES string of the molecule is CC(C)N(C)CCCCNCc1c(F)cc(C#N)cc1F. The van der Waals surface area contributed by atoms with Crippen molar-refractivity contribution in [1.82, 2.24) is 10.2 Å². The lowest BCUT2D eigenvalue weighted by Crippen LogP contribution is -2.27. The summed E-state index contributed by atoms with van der Waals surface area (Å²) in [6, 6.07) is 4.40. The number of rotatable bonds is 8. The van der Waals surface area contributed by atoms with Gasteiger partial charge in [0.25, 0.3) is 0 Å². The first-order valence-electron chi connectivity index (χ1n) is 7.24. The average molecular weight is 295 g/mol. The molecular weight excluding hydrogens is 272 g/mol. The van der Waals surface area contributed by atoms with Crippen LogP contribution in [-0.4, -0.2) is 31.1 Å². The van der Waals surface area contributed by atoms with E-state index in [-0.39, 0.29) is 17.7 Å². The average Bonchev–Trinajstić information content (AvgIpc) is 2.44. The molecule has 1 rings (SSSR count). The first kappa shape index (κ1) is 17.5. The Balaban J connectivity index is 2.32. The van der Waals surface area contributed by atoms with Crippen LogP contribution < -0.4 is 5.32 Å². The summed E-state index contributed by atoms with van der Waals surface area (Å²) in [5, 5.41) is 11.7. The van der Waals surface area contributed by atoms with Crippen molar-refractivity contribution in [3.63, 3.8) is 0 Å². The number of nitriles is 1. The number of benzene rings is 1. The predicted octanol–water partition coefficient (Wildman–Crippen LogP) is 3.05. The van der Waals surface area contributed by atoms with Crippen molar-refractivity contribution >= 4 is 0 Å². The molecule has 0 fully saturated rings. The minimum Gasteiger partial charge on any atom is -0.312 e. The van der Waals surface area contributed by atoms with E-state index in [4.69, 9.17) is 5.26 Å². The topological polar surface area (TPSA) is 39.1 Å². The van der Waals surface area contributed by atoms with Crippen LogP contribution in [0.5, 0.6) is 0 Å². The second kappa shape index (κ2) is 8.71. The minimum absolute atomic E-state index is 0.00507. The van der Waals surface area contributed by atoms with Gasteiger partial charge in [0, 0.05) is 18.2 Å². The van der Waals surface area contributed by atoms with Crippen molar-refractivity contribution in [3.8, 4) is 6.07 Å². The molecular formula is C16H23F2N3. The van der Waals surface area contributed by atoms with Crippen molar-refractivity contribution in [2.45, 2.75) is 39.3 Å². The Morgan fingerprint density at radius 1 is 1.24 bits per heavy atom. The second-order valence-corrected chi connectivity index (χ2v) is 5.49. The Labute approximate surface area is 125 Å². The first-order valence-corrected chi connectivity index (χ1v) is 7.24. The van der Waals surface area contributed by atoms with E-state index in [9.17, 15) is 8.78 Å². The maximum Gasteiger partial charge on any atom is 0.131 e. The summed E-state index contributed by atoms with van der Waals surface area (Å²) in [5.41, 5.74) is -0.00114. The zero-order chi connectivity index (χ0) is 15.8. The van der Waals surface area contributed by atoms with Crippen LogP contribution in [-0.2, 0) is 6.54 Å². The zero-order valence-electron chi connectivity index (χ0n) is 12.9. The maximum atomic E-state index is 13.6. The molecule has 0 amide bonds. The number of unbranched alkanes of at least 4 members (excludes halogenated alkanes) is 1. The Morgan fingerprint density at radius 3 is 2.38 bits per heavy atom. The van der Waals surface area contributed by atoms with E-state index in [1.54, 1.807) is 6.07 Å². The number of nitrogens with one attached hydrogen (secondary N) is 1. The molecule has 0 radical (unpaired) electrons. The fraction of sp³-hybridized carbons (Fsp3) is 0.562. The predicted molar refractivity (Wildman–Crippen MR) is 79.8 cm³/mol. The van der Waals surface area contributed by atoms with E-state index < -0.39 is 11.6 Å². The lowest BCUT2D eigenvalue weighted by Gasteiger charge is -2.20. The van der Waals surface area contributed by atoms with Crippen molar-refractivity contribution in [3.05, 3.63) is 34.9 Å². The Kier molecular flexibility index (Phi) is 7.27. The number of hydrogen-bond donors (Lipinski definition) is 1. The van der Waals surface area contributed by atoms with Crippen LogP contribution in [0.15, 0.2) is 12.1 Å². The van der Waals surface area contributed by atoms with E-state index in [1.807, 2.05) is 0 Å². The van der Waals surface area contributed by atoms with E-state index in [2.05, 4.69) is 31.1 Å². The number of hydrogen-bond acceptors (Lipinski definition) is 3. The highest BCUT2D eigenvalue weighted by Gasteiger charge is 2.10. The molecule has 0 aliphatic heterocycles. The van der Waals surface area contributed by atoms with Crippen molar-refractivity contribution in [1.29, 1.82) is 5.26 Å². The van der Waals surface area contributed by atoms with Gasteiger partial charge in [0.05, 0.1) is 11.6 Å². The van der Waals surface area contributed by atoms with Gasteiger partial charge in [0.2, 0.25) is 0 Å². The molecule has 3 nitrogen and oxygen atoms in total. The smallest absolute Gasteiger partial charge is 0.131 e. The number of nitrogens with zero attached hydrogens (tertiary/aromatic N) is 2. The van der Waals surface area contributed by atoms with Crippen LogP contribution in [0.25, 0.3) is 0 Å². The summed E-state index contributed by atoms with van der Waals surface area (Å²) in [6.07, 6.45) is 2.00. The van der Waals surface area contributed by atoms with Crippen LogP contribution in [0, 0.1) is 23.0 Å². The van der Waals surface area contributed by atoms with Gasteiger partial charge in [-0.2, -0.15) is 5.26 Å². The van der Waals surface area contributed by atoms with Gasteiger partial charge < -0.3 is 10.2 Å². The molecule has 21 heavy (non-hydrogen) atoms. The molecule has 1 aromatic rings. The normalized spacial score (nSPS) is 11.1. The van der Waals surface area contributed by atoms with Crippen LogP contribution in [0.4, 0.5) is 8.78 Å². The van der Waals surface area contributed by atoms with Crippen LogP contribution in [0.1, 0.15) is 37.8 Å². The van der Waals surface area contributed by atoms with Gasteiger partial charge in [0.15, 0.2) is 0 Å². The minimum atomic E-state index is -0.668. The van der Waals surface area contributed by atoms with Crippen LogP contribution in [0.2, 0.25) is 0 Å². The monoisotopic (exact) mass is 295 g/mol. The summed E-state index contributed by atoms with van der Waals surface area (Å²) in [6.45, 7) is 6.16. The molecule has 116 valence electrons. The molecule has 5 heteroatoms. The third kappa shape index (κ3) is 5.78. The molecule has 0 saturated carbocycles. The summed E-state index contributed by atoms with van der Waals surface area (Å²) in [4.78, 5) is 2.26. The van der Waals surface area contributed by atoms with E-state index in [0.29, 0.717) is 12.6 Å². The highest BCUT2D eigenvalue weighted by molar-refractivity contribution is 5.34. The van der Waals surface area contributed by atoms with E-state index in [1.165, 1.54) is 0 Å². The summed E-state index contributed by atoms with van der Waals surface area (Å²) >= 11 is 0. The van der Waals surface area contributed by atoms with Crippen LogP contribution >= 0.6 is 0 Å². The van der Waals surface area contributed by atoms with Crippen LogP contribution in [0.3, 0.4) is 0 Å². The second-order valence-electron chi connectivity index (χ2n) is 5.49. The Bertz CT molecular complexity index is 472. The van der Waals surface area contributed by atoms with Gasteiger partial charge in [-0.3, -0.25) is 0 Å². The summed E-state index contributed by atoms with van der Waals surface area (Å²) in [5.74, 6) is -1.34. The highest BCUT2D eigenvalue weighted by atomic mass is 19.1. The molecule has 0 aliphatic rings. The third-order valence-corrected chi connectivity index (χ3v) is 3.57. The first-order chi connectivity index (χ1) is 9.95. The van der Waals surface area contributed by atoms with Crippen molar-refractivity contribution < 1.29 is 8.78 Å². The molecule has 0 saturated heterocycles. The van der Waals surface area contributed by atoms with Gasteiger partial charge in [-0.25, -0.2) is 8.78 Å². The zero-order valence-corrected chi connectivity index (χ0v) is 12.9. The van der Waals surface area contributed by atoms with E-state index >= 15 is 0 Å². The molecule has 0 bridgehead atoms. The molecule has 1 N–H and O–H groups in total. The molecule has 0 heterocycles. The Morgan fingerprint density at radius 2 is 1.86 bits per heavy atom. The molecule has 0 spiro atoms. The highest BCUT2D eigenvalue weighted by Crippen LogP contribution is 2.14. The third-order valence-electron chi connectivity index (χ3n) is 3.57. The van der Waals surface area contributed by atoms with Crippen molar-refractivity contribution in [2.75, 3.05) is 20.1 Å². The van der Waals surface area contributed by atoms with E-state index in [0.717, 1.165) is 31.5 Å². The molecule has 0 atom stereocenters. The quantitative estimate of drug-likeness (QED) is 0.749. The summed E-state index contributed by atoms with van der Waals surface area (Å²) in [7, 11) is 2.08. The fourth-order valence-electron chi connectivity index (χ4n) is 1.92. The maximum absolute atomic E-state index is 13.6. The largest absolute Gasteiger partial charge is 0.312 e.